The highest BCUT2D eigenvalue weighted by Gasteiger charge is 2.15. The van der Waals surface area contributed by atoms with E-state index in [1.54, 1.807) is 21.5 Å². The first kappa shape index (κ1) is 17.7. The van der Waals surface area contributed by atoms with Crippen LogP contribution in [0.5, 0.6) is 0 Å². The second kappa shape index (κ2) is 8.29. The minimum absolute atomic E-state index is 0.0889. The van der Waals surface area contributed by atoms with Gasteiger partial charge in [0.25, 0.3) is 5.56 Å². The maximum absolute atomic E-state index is 12.5. The van der Waals surface area contributed by atoms with Gasteiger partial charge in [0.2, 0.25) is 5.91 Å². The number of carbonyl (C=O) groups is 1. The van der Waals surface area contributed by atoms with Crippen LogP contribution in [0, 0.1) is 6.92 Å². The maximum atomic E-state index is 12.5. The van der Waals surface area contributed by atoms with E-state index in [2.05, 4.69) is 10.4 Å². The Bertz CT molecular complexity index is 901. The molecule has 134 valence electrons. The van der Waals surface area contributed by atoms with Crippen molar-refractivity contribution in [3.05, 3.63) is 88.6 Å². The lowest BCUT2D eigenvalue weighted by Crippen LogP contribution is -2.33. The predicted molar refractivity (Wildman–Crippen MR) is 99.6 cm³/mol. The lowest BCUT2D eigenvalue weighted by molar-refractivity contribution is -0.122. The van der Waals surface area contributed by atoms with Gasteiger partial charge >= 0.3 is 0 Å². The van der Waals surface area contributed by atoms with Crippen LogP contribution in [0.3, 0.4) is 0 Å². The SMILES string of the molecule is Cc1cccc(=O)n1CCC(=O)N[C@H](Cn1cccn1)c1ccccc1. The second-order valence-electron chi connectivity index (χ2n) is 6.17. The number of hydrogen-bond donors (Lipinski definition) is 1. The number of amides is 1. The Kier molecular flexibility index (Phi) is 5.63. The molecule has 3 aromatic rings. The third kappa shape index (κ3) is 4.47. The third-order valence-electron chi connectivity index (χ3n) is 4.30. The molecular weight excluding hydrogens is 328 g/mol. The molecule has 0 unspecified atom stereocenters. The number of nitrogens with one attached hydrogen (secondary N) is 1. The van der Waals surface area contributed by atoms with Crippen LogP contribution in [0.25, 0.3) is 0 Å². The number of aromatic nitrogens is 3. The van der Waals surface area contributed by atoms with Crippen molar-refractivity contribution in [2.75, 3.05) is 0 Å². The molecule has 0 saturated heterocycles. The fourth-order valence-electron chi connectivity index (χ4n) is 2.91. The van der Waals surface area contributed by atoms with Crippen LogP contribution in [-0.4, -0.2) is 20.3 Å². The topological polar surface area (TPSA) is 68.9 Å². The molecule has 3 rings (SSSR count). The van der Waals surface area contributed by atoms with Crippen LogP contribution in [0.4, 0.5) is 0 Å². The summed E-state index contributed by atoms with van der Waals surface area (Å²) >= 11 is 0. The van der Waals surface area contributed by atoms with Gasteiger partial charge < -0.3 is 9.88 Å². The molecule has 2 heterocycles. The Morgan fingerprint density at radius 3 is 2.62 bits per heavy atom. The summed E-state index contributed by atoms with van der Waals surface area (Å²) in [5.41, 5.74) is 1.78. The molecule has 1 N–H and O–H groups in total. The molecule has 0 radical (unpaired) electrons. The van der Waals surface area contributed by atoms with E-state index in [9.17, 15) is 9.59 Å². The molecule has 0 spiro atoms. The molecule has 0 fully saturated rings. The van der Waals surface area contributed by atoms with E-state index < -0.39 is 0 Å². The van der Waals surface area contributed by atoms with Crippen molar-refractivity contribution in [2.24, 2.45) is 0 Å². The molecule has 0 saturated carbocycles. The Balaban J connectivity index is 1.68. The third-order valence-corrected chi connectivity index (χ3v) is 4.30. The van der Waals surface area contributed by atoms with Gasteiger partial charge in [-0.05, 0) is 24.6 Å². The van der Waals surface area contributed by atoms with Crippen molar-refractivity contribution in [3.63, 3.8) is 0 Å². The molecule has 6 nitrogen and oxygen atoms in total. The van der Waals surface area contributed by atoms with E-state index in [1.807, 2.05) is 55.6 Å². The number of hydrogen-bond acceptors (Lipinski definition) is 3. The summed E-state index contributed by atoms with van der Waals surface area (Å²) in [6.45, 7) is 2.78. The van der Waals surface area contributed by atoms with E-state index in [-0.39, 0.29) is 23.9 Å². The van der Waals surface area contributed by atoms with Crippen LogP contribution >= 0.6 is 0 Å². The van der Waals surface area contributed by atoms with Crippen LogP contribution < -0.4 is 10.9 Å². The molecule has 0 bridgehead atoms. The van der Waals surface area contributed by atoms with Crippen molar-refractivity contribution in [1.29, 1.82) is 0 Å². The first-order chi connectivity index (χ1) is 12.6. The smallest absolute Gasteiger partial charge is 0.250 e. The van der Waals surface area contributed by atoms with Gasteiger partial charge in [-0.25, -0.2) is 0 Å². The Hall–Kier alpha value is -3.15. The fraction of sp³-hybridized carbons (Fsp3) is 0.250. The summed E-state index contributed by atoms with van der Waals surface area (Å²) in [5, 5.41) is 7.29. The molecular formula is C20H22N4O2. The molecule has 1 aromatic carbocycles. The number of benzene rings is 1. The normalized spacial score (nSPS) is 11.9. The summed E-state index contributed by atoms with van der Waals surface area (Å²) in [6, 6.07) is 16.6. The van der Waals surface area contributed by atoms with Gasteiger partial charge in [-0.3, -0.25) is 14.3 Å². The highest BCUT2D eigenvalue weighted by Crippen LogP contribution is 2.15. The zero-order valence-electron chi connectivity index (χ0n) is 14.7. The van der Waals surface area contributed by atoms with Crippen molar-refractivity contribution in [1.82, 2.24) is 19.7 Å². The van der Waals surface area contributed by atoms with E-state index in [1.165, 1.54) is 6.07 Å². The van der Waals surface area contributed by atoms with Gasteiger partial charge in [0.15, 0.2) is 0 Å². The maximum Gasteiger partial charge on any atom is 0.250 e. The zero-order chi connectivity index (χ0) is 18.4. The van der Waals surface area contributed by atoms with E-state index in [0.717, 1.165) is 11.3 Å². The molecule has 2 aromatic heterocycles. The Morgan fingerprint density at radius 1 is 1.12 bits per heavy atom. The minimum atomic E-state index is -0.183. The summed E-state index contributed by atoms with van der Waals surface area (Å²) in [4.78, 5) is 24.4. The fourth-order valence-corrected chi connectivity index (χ4v) is 2.91. The Morgan fingerprint density at radius 2 is 1.92 bits per heavy atom. The van der Waals surface area contributed by atoms with E-state index in [0.29, 0.717) is 13.1 Å². The quantitative estimate of drug-likeness (QED) is 0.711. The van der Waals surface area contributed by atoms with Crippen LogP contribution in [-0.2, 0) is 17.9 Å². The largest absolute Gasteiger partial charge is 0.347 e. The average molecular weight is 350 g/mol. The number of aryl methyl sites for hydroxylation is 1. The molecule has 1 amide bonds. The van der Waals surface area contributed by atoms with Crippen LogP contribution in [0.1, 0.15) is 23.7 Å². The lowest BCUT2D eigenvalue weighted by Gasteiger charge is -2.20. The summed E-state index contributed by atoms with van der Waals surface area (Å²) in [5.74, 6) is -0.0961. The monoisotopic (exact) mass is 350 g/mol. The Labute approximate surface area is 152 Å². The van der Waals surface area contributed by atoms with Gasteiger partial charge in [-0.1, -0.05) is 36.4 Å². The number of pyridine rings is 1. The van der Waals surface area contributed by atoms with Crippen molar-refractivity contribution >= 4 is 5.91 Å². The van der Waals surface area contributed by atoms with E-state index in [4.69, 9.17) is 0 Å². The first-order valence-corrected chi connectivity index (χ1v) is 8.61. The highest BCUT2D eigenvalue weighted by atomic mass is 16.2. The molecule has 0 aliphatic carbocycles. The second-order valence-corrected chi connectivity index (χ2v) is 6.17. The number of carbonyl (C=O) groups excluding carboxylic acids is 1. The standard InChI is InChI=1S/C20H22N4O2/c1-16-7-5-10-20(26)24(16)14-11-19(25)22-18(15-23-13-6-12-21-23)17-8-3-2-4-9-17/h2-10,12-13,18H,11,14-15H2,1H3,(H,22,25)/t18-/m1/s1. The van der Waals surface area contributed by atoms with Crippen molar-refractivity contribution in [3.8, 4) is 0 Å². The van der Waals surface area contributed by atoms with Gasteiger partial charge in [-0.2, -0.15) is 5.10 Å². The van der Waals surface area contributed by atoms with Crippen molar-refractivity contribution in [2.45, 2.75) is 32.5 Å². The van der Waals surface area contributed by atoms with E-state index >= 15 is 0 Å². The minimum Gasteiger partial charge on any atom is -0.347 e. The highest BCUT2D eigenvalue weighted by molar-refractivity contribution is 5.76. The summed E-state index contributed by atoms with van der Waals surface area (Å²) in [6.07, 6.45) is 3.83. The first-order valence-electron chi connectivity index (χ1n) is 8.61. The average Bonchev–Trinajstić information content (AvgIpc) is 3.15. The molecule has 0 aliphatic rings. The number of rotatable bonds is 7. The van der Waals surface area contributed by atoms with Crippen LogP contribution in [0.2, 0.25) is 0 Å². The van der Waals surface area contributed by atoms with Gasteiger partial charge in [0.05, 0.1) is 12.6 Å². The summed E-state index contributed by atoms with van der Waals surface area (Å²) < 4.78 is 3.41. The van der Waals surface area contributed by atoms with Crippen molar-refractivity contribution < 1.29 is 4.79 Å². The summed E-state index contributed by atoms with van der Waals surface area (Å²) in [7, 11) is 0. The zero-order valence-corrected chi connectivity index (χ0v) is 14.7. The van der Waals surface area contributed by atoms with Gasteiger partial charge in [0, 0.05) is 37.1 Å². The molecule has 1 atom stereocenters. The van der Waals surface area contributed by atoms with Crippen LogP contribution in [0.15, 0.2) is 71.8 Å². The molecule has 26 heavy (non-hydrogen) atoms. The predicted octanol–water partition coefficient (Wildman–Crippen LogP) is 2.30. The molecule has 6 heteroatoms. The lowest BCUT2D eigenvalue weighted by atomic mass is 10.1. The number of nitrogens with zero attached hydrogens (tertiary/aromatic N) is 3. The van der Waals surface area contributed by atoms with Gasteiger partial charge in [-0.15, -0.1) is 0 Å². The van der Waals surface area contributed by atoms with Gasteiger partial charge in [0.1, 0.15) is 0 Å². The molecule has 0 aliphatic heterocycles.